The summed E-state index contributed by atoms with van der Waals surface area (Å²) in [5, 5.41) is 12.9. The minimum Gasteiger partial charge on any atom is -0.491 e. The van der Waals surface area contributed by atoms with Crippen molar-refractivity contribution >= 4 is 17.2 Å². The van der Waals surface area contributed by atoms with Crippen molar-refractivity contribution < 1.29 is 19.4 Å². The Bertz CT molecular complexity index is 1090. The molecular weight excluding hydrogens is 460 g/mol. The number of rotatable bonds is 11. The third kappa shape index (κ3) is 6.70. The molecule has 186 valence electrons. The molecule has 0 bridgehead atoms. The molecule has 35 heavy (non-hydrogen) atoms. The summed E-state index contributed by atoms with van der Waals surface area (Å²) in [6.07, 6.45) is 0.177. The predicted molar refractivity (Wildman–Crippen MR) is 139 cm³/mol. The van der Waals surface area contributed by atoms with Crippen LogP contribution >= 0.6 is 11.3 Å². The lowest BCUT2D eigenvalue weighted by molar-refractivity contribution is -0.136. The number of aliphatic hydroxyl groups is 1. The van der Waals surface area contributed by atoms with Crippen LogP contribution in [0.15, 0.2) is 66.0 Å². The smallest absolute Gasteiger partial charge is 0.237 e. The fourth-order valence-electron chi connectivity index (χ4n) is 4.52. The van der Waals surface area contributed by atoms with Gasteiger partial charge in [0.05, 0.1) is 25.3 Å². The summed E-state index contributed by atoms with van der Waals surface area (Å²) >= 11 is 1.74. The molecule has 1 amide bonds. The van der Waals surface area contributed by atoms with E-state index in [1.54, 1.807) is 18.4 Å². The van der Waals surface area contributed by atoms with Gasteiger partial charge in [0.1, 0.15) is 12.4 Å². The second-order valence-corrected chi connectivity index (χ2v) is 9.93. The Hall–Kier alpha value is -2.71. The van der Waals surface area contributed by atoms with Gasteiger partial charge in [0, 0.05) is 31.6 Å². The molecule has 3 aromatic rings. The van der Waals surface area contributed by atoms with Crippen LogP contribution in [0, 0.1) is 6.92 Å². The first-order chi connectivity index (χ1) is 17.0. The van der Waals surface area contributed by atoms with E-state index in [2.05, 4.69) is 11.4 Å². The maximum atomic E-state index is 13.6. The largest absolute Gasteiger partial charge is 0.491 e. The van der Waals surface area contributed by atoms with Gasteiger partial charge >= 0.3 is 0 Å². The summed E-state index contributed by atoms with van der Waals surface area (Å²) in [6, 6.07) is 19.5. The summed E-state index contributed by atoms with van der Waals surface area (Å²) < 4.78 is 11.4. The van der Waals surface area contributed by atoms with Crippen LogP contribution in [0.4, 0.5) is 0 Å². The van der Waals surface area contributed by atoms with E-state index in [1.165, 1.54) is 10.4 Å². The number of ether oxygens (including phenoxy) is 2. The van der Waals surface area contributed by atoms with Crippen LogP contribution in [0.1, 0.15) is 33.7 Å². The van der Waals surface area contributed by atoms with Gasteiger partial charge in [0.25, 0.3) is 0 Å². The monoisotopic (exact) mass is 494 g/mol. The second-order valence-electron chi connectivity index (χ2n) is 8.93. The van der Waals surface area contributed by atoms with Crippen molar-refractivity contribution in [2.24, 2.45) is 0 Å². The van der Waals surface area contributed by atoms with Crippen LogP contribution < -0.4 is 4.74 Å². The third-order valence-corrected chi connectivity index (χ3v) is 7.40. The van der Waals surface area contributed by atoms with E-state index < -0.39 is 6.10 Å². The molecule has 2 unspecified atom stereocenters. The van der Waals surface area contributed by atoms with E-state index in [0.29, 0.717) is 32.8 Å². The van der Waals surface area contributed by atoms with Crippen molar-refractivity contribution in [3.63, 3.8) is 0 Å². The normalized spacial score (nSPS) is 16.2. The number of nitrogens with zero attached hydrogens (tertiary/aromatic N) is 2. The highest BCUT2D eigenvalue weighted by atomic mass is 32.1. The van der Waals surface area contributed by atoms with Crippen LogP contribution in [-0.2, 0) is 16.0 Å². The zero-order chi connectivity index (χ0) is 24.6. The van der Waals surface area contributed by atoms with E-state index in [4.69, 9.17) is 9.47 Å². The molecule has 0 saturated carbocycles. The second kappa shape index (κ2) is 12.3. The van der Waals surface area contributed by atoms with Crippen molar-refractivity contribution in [3.8, 4) is 5.75 Å². The quantitative estimate of drug-likeness (QED) is 0.432. The molecule has 6 nitrogen and oxygen atoms in total. The molecule has 0 aliphatic carbocycles. The SMILES string of the molecule is COCCN(CC(=O)N1CCc2sccc2C1COc1cccc(C)c1)CC(O)c1ccccc1. The molecule has 0 fully saturated rings. The maximum Gasteiger partial charge on any atom is 0.237 e. The minimum absolute atomic E-state index is 0.0380. The Labute approximate surface area is 211 Å². The van der Waals surface area contributed by atoms with Gasteiger partial charge in [0.2, 0.25) is 5.91 Å². The van der Waals surface area contributed by atoms with Crippen LogP contribution in [0.3, 0.4) is 0 Å². The summed E-state index contributed by atoms with van der Waals surface area (Å²) in [7, 11) is 1.65. The van der Waals surface area contributed by atoms with Crippen molar-refractivity contribution in [2.45, 2.75) is 25.5 Å². The summed E-state index contributed by atoms with van der Waals surface area (Å²) in [5.41, 5.74) is 3.16. The summed E-state index contributed by atoms with van der Waals surface area (Å²) in [6.45, 7) is 4.74. The van der Waals surface area contributed by atoms with Gasteiger partial charge in [-0.3, -0.25) is 9.69 Å². The average molecular weight is 495 g/mol. The Morgan fingerprint density at radius 2 is 2.03 bits per heavy atom. The molecule has 4 rings (SSSR count). The summed E-state index contributed by atoms with van der Waals surface area (Å²) in [5.74, 6) is 0.850. The Morgan fingerprint density at radius 3 is 2.80 bits per heavy atom. The Morgan fingerprint density at radius 1 is 1.20 bits per heavy atom. The zero-order valence-corrected chi connectivity index (χ0v) is 21.2. The van der Waals surface area contributed by atoms with Crippen LogP contribution in [0.2, 0.25) is 0 Å². The lowest BCUT2D eigenvalue weighted by atomic mass is 10.00. The molecule has 1 N–H and O–H groups in total. The third-order valence-electron chi connectivity index (χ3n) is 6.40. The fourth-order valence-corrected chi connectivity index (χ4v) is 5.45. The number of carbonyl (C=O) groups is 1. The van der Waals surface area contributed by atoms with Crippen molar-refractivity contribution in [3.05, 3.63) is 87.6 Å². The number of methoxy groups -OCH3 is 1. The van der Waals surface area contributed by atoms with E-state index >= 15 is 0 Å². The highest BCUT2D eigenvalue weighted by molar-refractivity contribution is 7.10. The van der Waals surface area contributed by atoms with Gasteiger partial charge in [-0.2, -0.15) is 0 Å². The molecule has 1 aliphatic heterocycles. The lowest BCUT2D eigenvalue weighted by Gasteiger charge is -2.37. The first kappa shape index (κ1) is 25.4. The Kier molecular flexibility index (Phi) is 8.93. The van der Waals surface area contributed by atoms with Crippen LogP contribution in [-0.4, -0.2) is 67.3 Å². The number of hydrogen-bond acceptors (Lipinski definition) is 6. The predicted octanol–water partition coefficient (Wildman–Crippen LogP) is 4.24. The first-order valence-electron chi connectivity index (χ1n) is 12.0. The van der Waals surface area contributed by atoms with Gasteiger partial charge in [-0.1, -0.05) is 42.5 Å². The first-order valence-corrected chi connectivity index (χ1v) is 12.9. The van der Waals surface area contributed by atoms with E-state index in [9.17, 15) is 9.90 Å². The number of hydrogen-bond donors (Lipinski definition) is 1. The lowest BCUT2D eigenvalue weighted by Crippen LogP contribution is -2.47. The number of aliphatic hydroxyl groups excluding tert-OH is 1. The van der Waals surface area contributed by atoms with Crippen LogP contribution in [0.25, 0.3) is 0 Å². The number of amides is 1. The van der Waals surface area contributed by atoms with Gasteiger partial charge in [-0.05, 0) is 53.6 Å². The van der Waals surface area contributed by atoms with Crippen molar-refractivity contribution in [1.82, 2.24) is 9.80 Å². The summed E-state index contributed by atoms with van der Waals surface area (Å²) in [4.78, 5) is 18.9. The van der Waals surface area contributed by atoms with E-state index in [-0.39, 0.29) is 18.5 Å². The molecule has 2 atom stereocenters. The number of benzene rings is 2. The molecule has 1 aromatic heterocycles. The molecule has 0 saturated heterocycles. The minimum atomic E-state index is -0.675. The van der Waals surface area contributed by atoms with Gasteiger partial charge in [0.15, 0.2) is 0 Å². The van der Waals surface area contributed by atoms with Gasteiger partial charge in [-0.15, -0.1) is 11.3 Å². The van der Waals surface area contributed by atoms with Crippen molar-refractivity contribution in [1.29, 1.82) is 0 Å². The standard InChI is InChI=1S/C28H34N2O4S/c1-21-7-6-10-23(17-21)34-20-25-24-12-16-35-27(24)11-13-30(25)28(32)19-29(14-15-33-2)18-26(31)22-8-4-3-5-9-22/h3-10,12,16-17,25-26,31H,11,13-15,18-20H2,1-2H3. The highest BCUT2D eigenvalue weighted by Crippen LogP contribution is 2.34. The molecular formula is C28H34N2O4S. The molecule has 7 heteroatoms. The van der Waals surface area contributed by atoms with Gasteiger partial charge in [-0.25, -0.2) is 0 Å². The highest BCUT2D eigenvalue weighted by Gasteiger charge is 2.33. The molecule has 2 aromatic carbocycles. The fraction of sp³-hybridized carbons (Fsp3) is 0.393. The average Bonchev–Trinajstić information content (AvgIpc) is 3.35. The maximum absolute atomic E-state index is 13.6. The van der Waals surface area contributed by atoms with Gasteiger partial charge < -0.3 is 19.5 Å². The van der Waals surface area contributed by atoms with Crippen molar-refractivity contribution in [2.75, 3.05) is 46.5 Å². The molecule has 2 heterocycles. The number of thiophene rings is 1. The zero-order valence-electron chi connectivity index (χ0n) is 20.4. The molecule has 1 aliphatic rings. The Balaban J connectivity index is 1.47. The number of fused-ring (bicyclic) bond motifs is 1. The van der Waals surface area contributed by atoms with E-state index in [0.717, 1.165) is 23.3 Å². The topological polar surface area (TPSA) is 62.2 Å². The number of aryl methyl sites for hydroxylation is 1. The molecule has 0 radical (unpaired) electrons. The van der Waals surface area contributed by atoms with E-state index in [1.807, 2.05) is 71.3 Å². The molecule has 0 spiro atoms. The van der Waals surface area contributed by atoms with Crippen LogP contribution in [0.5, 0.6) is 5.75 Å². The number of carbonyl (C=O) groups excluding carboxylic acids is 1.